The molecule has 0 saturated carbocycles. The molecule has 0 aliphatic carbocycles. The number of hydrogen-bond acceptors (Lipinski definition) is 4. The number of carbonyl (C=O) groups is 1. The highest BCUT2D eigenvalue weighted by atomic mass is 35.5. The van der Waals surface area contributed by atoms with Crippen molar-refractivity contribution in [1.29, 1.82) is 0 Å². The third-order valence-electron chi connectivity index (χ3n) is 4.04. The van der Waals surface area contributed by atoms with E-state index in [1.807, 2.05) is 26.0 Å². The quantitative estimate of drug-likeness (QED) is 0.505. The number of carbonyl (C=O) groups excluding carboxylic acids is 1. The number of benzene rings is 2. The zero-order valence-corrected chi connectivity index (χ0v) is 14.9. The van der Waals surface area contributed by atoms with Crippen LogP contribution in [0.1, 0.15) is 27.0 Å². The third-order valence-corrected chi connectivity index (χ3v) is 4.34. The van der Waals surface area contributed by atoms with Crippen molar-refractivity contribution in [2.75, 3.05) is 6.61 Å². The Labute approximate surface area is 150 Å². The predicted octanol–water partition coefficient (Wildman–Crippen LogP) is 4.63. The molecule has 0 bridgehead atoms. The Bertz CT molecular complexity index is 1030. The van der Waals surface area contributed by atoms with Gasteiger partial charge in [0.15, 0.2) is 12.4 Å². The molecule has 0 unspecified atom stereocenters. The van der Waals surface area contributed by atoms with Crippen LogP contribution in [0.5, 0.6) is 5.75 Å². The fourth-order valence-electron chi connectivity index (χ4n) is 2.78. The van der Waals surface area contributed by atoms with Crippen LogP contribution in [0.25, 0.3) is 11.0 Å². The maximum Gasteiger partial charge on any atom is 0.336 e. The topological polar surface area (TPSA) is 56.5 Å². The minimum atomic E-state index is -0.440. The summed E-state index contributed by atoms with van der Waals surface area (Å²) in [7, 11) is 0. The summed E-state index contributed by atoms with van der Waals surface area (Å²) in [5.41, 5.74) is 3.32. The van der Waals surface area contributed by atoms with Crippen molar-refractivity contribution >= 4 is 28.4 Å². The van der Waals surface area contributed by atoms with E-state index in [0.29, 0.717) is 21.9 Å². The van der Waals surface area contributed by atoms with Gasteiger partial charge in [0.05, 0.1) is 5.02 Å². The maximum absolute atomic E-state index is 12.4. The van der Waals surface area contributed by atoms with E-state index in [1.165, 1.54) is 6.07 Å². The molecule has 3 aromatic rings. The molecule has 25 heavy (non-hydrogen) atoms. The minimum Gasteiger partial charge on any atom is -0.484 e. The second-order valence-corrected chi connectivity index (χ2v) is 6.46. The number of ketones is 1. The lowest BCUT2D eigenvalue weighted by molar-refractivity contribution is 0.0921. The first-order valence-corrected chi connectivity index (χ1v) is 8.20. The van der Waals surface area contributed by atoms with Gasteiger partial charge in [0, 0.05) is 23.1 Å². The highest BCUT2D eigenvalue weighted by Crippen LogP contribution is 2.31. The van der Waals surface area contributed by atoms with E-state index in [1.54, 1.807) is 25.1 Å². The fraction of sp³-hybridized carbons (Fsp3) is 0.200. The molecule has 0 saturated heterocycles. The molecule has 4 nitrogen and oxygen atoms in total. The number of fused-ring (bicyclic) bond motifs is 1. The first-order chi connectivity index (χ1) is 11.8. The molecule has 0 spiro atoms. The van der Waals surface area contributed by atoms with Crippen LogP contribution >= 0.6 is 11.6 Å². The molecule has 0 N–H and O–H groups in total. The molecule has 0 aliphatic rings. The van der Waals surface area contributed by atoms with Crippen LogP contribution in [0.3, 0.4) is 0 Å². The van der Waals surface area contributed by atoms with Gasteiger partial charge < -0.3 is 9.15 Å². The summed E-state index contributed by atoms with van der Waals surface area (Å²) >= 11 is 6.24. The van der Waals surface area contributed by atoms with E-state index < -0.39 is 5.63 Å². The fourth-order valence-corrected chi connectivity index (χ4v) is 3.00. The molecule has 128 valence electrons. The van der Waals surface area contributed by atoms with Gasteiger partial charge in [-0.1, -0.05) is 35.4 Å². The summed E-state index contributed by atoms with van der Waals surface area (Å²) < 4.78 is 10.8. The van der Waals surface area contributed by atoms with Crippen molar-refractivity contribution in [2.45, 2.75) is 20.8 Å². The SMILES string of the molecule is Cc1ccc(C(=O)COc2cc3oc(=O)cc(C)c3cc2Cl)c(C)c1. The van der Waals surface area contributed by atoms with Gasteiger partial charge in [0.25, 0.3) is 0 Å². The van der Waals surface area contributed by atoms with Gasteiger partial charge in [0.1, 0.15) is 11.3 Å². The molecular weight excluding hydrogens is 340 g/mol. The average Bonchev–Trinajstić information content (AvgIpc) is 2.53. The van der Waals surface area contributed by atoms with Gasteiger partial charge >= 0.3 is 5.63 Å². The molecule has 0 amide bonds. The van der Waals surface area contributed by atoms with Gasteiger partial charge in [0.2, 0.25) is 0 Å². The summed E-state index contributed by atoms with van der Waals surface area (Å²) in [5.74, 6) is 0.167. The molecule has 0 aliphatic heterocycles. The molecule has 0 atom stereocenters. The number of halogens is 1. The second-order valence-electron chi connectivity index (χ2n) is 6.06. The minimum absolute atomic E-state index is 0.139. The lowest BCUT2D eigenvalue weighted by atomic mass is 10.0. The van der Waals surface area contributed by atoms with E-state index in [0.717, 1.165) is 22.1 Å². The Morgan fingerprint density at radius 2 is 1.84 bits per heavy atom. The van der Waals surface area contributed by atoms with Gasteiger partial charge in [-0.05, 0) is 38.0 Å². The van der Waals surface area contributed by atoms with Gasteiger partial charge in [-0.15, -0.1) is 0 Å². The Kier molecular flexibility index (Phi) is 4.64. The summed E-state index contributed by atoms with van der Waals surface area (Å²) in [6.07, 6.45) is 0. The Hall–Kier alpha value is -2.59. The number of ether oxygens (including phenoxy) is 1. The van der Waals surface area contributed by atoms with Crippen LogP contribution in [-0.2, 0) is 0 Å². The first-order valence-electron chi connectivity index (χ1n) is 7.82. The molecule has 2 aromatic carbocycles. The van der Waals surface area contributed by atoms with Crippen LogP contribution in [0.15, 0.2) is 45.6 Å². The molecule has 5 heteroatoms. The van der Waals surface area contributed by atoms with Gasteiger partial charge in [-0.2, -0.15) is 0 Å². The Morgan fingerprint density at radius 1 is 1.08 bits per heavy atom. The predicted molar refractivity (Wildman–Crippen MR) is 98.0 cm³/mol. The highest BCUT2D eigenvalue weighted by molar-refractivity contribution is 6.32. The lowest BCUT2D eigenvalue weighted by Gasteiger charge is -2.10. The normalized spacial score (nSPS) is 10.9. The molecule has 0 fully saturated rings. The Balaban J connectivity index is 1.86. The summed E-state index contributed by atoms with van der Waals surface area (Å²) in [6, 6.07) is 10.3. The van der Waals surface area contributed by atoms with Crippen LogP contribution in [0.4, 0.5) is 0 Å². The number of aryl methyl sites for hydroxylation is 3. The Morgan fingerprint density at radius 3 is 2.56 bits per heavy atom. The van der Waals surface area contributed by atoms with Crippen molar-refractivity contribution in [1.82, 2.24) is 0 Å². The number of hydrogen-bond donors (Lipinski definition) is 0. The van der Waals surface area contributed by atoms with E-state index in [2.05, 4.69) is 0 Å². The standard InChI is InChI=1S/C20H17ClO4/c1-11-4-5-14(12(2)6-11)17(22)10-24-19-9-18-15(8-16(19)21)13(3)7-20(23)25-18/h4-9H,10H2,1-3H3. The smallest absolute Gasteiger partial charge is 0.336 e. The molecule has 3 rings (SSSR count). The van der Waals surface area contributed by atoms with Crippen molar-refractivity contribution in [3.8, 4) is 5.75 Å². The zero-order valence-electron chi connectivity index (χ0n) is 14.2. The number of Topliss-reactive ketones (excluding diaryl/α,β-unsaturated/α-hetero) is 1. The zero-order chi connectivity index (χ0) is 18.1. The van der Waals surface area contributed by atoms with Crippen molar-refractivity contribution < 1.29 is 13.9 Å². The van der Waals surface area contributed by atoms with Crippen LogP contribution in [-0.4, -0.2) is 12.4 Å². The van der Waals surface area contributed by atoms with Gasteiger partial charge in [-0.25, -0.2) is 4.79 Å². The van der Waals surface area contributed by atoms with E-state index in [4.69, 9.17) is 20.8 Å². The van der Waals surface area contributed by atoms with Gasteiger partial charge in [-0.3, -0.25) is 4.79 Å². The summed E-state index contributed by atoms with van der Waals surface area (Å²) in [4.78, 5) is 23.9. The van der Waals surface area contributed by atoms with E-state index in [-0.39, 0.29) is 12.4 Å². The van der Waals surface area contributed by atoms with Crippen LogP contribution in [0, 0.1) is 20.8 Å². The maximum atomic E-state index is 12.4. The van der Waals surface area contributed by atoms with Crippen molar-refractivity contribution in [3.05, 3.63) is 74.1 Å². The highest BCUT2D eigenvalue weighted by Gasteiger charge is 2.13. The molecular formula is C20H17ClO4. The molecule has 0 radical (unpaired) electrons. The number of rotatable bonds is 4. The van der Waals surface area contributed by atoms with E-state index >= 15 is 0 Å². The van der Waals surface area contributed by atoms with Crippen molar-refractivity contribution in [3.63, 3.8) is 0 Å². The second kappa shape index (κ2) is 6.73. The average molecular weight is 357 g/mol. The van der Waals surface area contributed by atoms with E-state index in [9.17, 15) is 9.59 Å². The summed E-state index contributed by atoms with van der Waals surface area (Å²) in [5, 5.41) is 1.09. The molecule has 1 aromatic heterocycles. The largest absolute Gasteiger partial charge is 0.484 e. The summed E-state index contributed by atoms with van der Waals surface area (Å²) in [6.45, 7) is 5.52. The van der Waals surface area contributed by atoms with Crippen molar-refractivity contribution in [2.24, 2.45) is 0 Å². The monoisotopic (exact) mass is 356 g/mol. The third kappa shape index (κ3) is 3.59. The lowest BCUT2D eigenvalue weighted by Crippen LogP contribution is -2.13. The first kappa shape index (κ1) is 17.2. The van der Waals surface area contributed by atoms with Crippen LogP contribution < -0.4 is 10.4 Å². The molecule has 1 heterocycles. The van der Waals surface area contributed by atoms with Crippen LogP contribution in [0.2, 0.25) is 5.02 Å².